The van der Waals surface area contributed by atoms with Crippen molar-refractivity contribution in [2.75, 3.05) is 47.7 Å². The first-order valence-corrected chi connectivity index (χ1v) is 22.1. The molecule has 2 rings (SSSR count). The van der Waals surface area contributed by atoms with Crippen LogP contribution in [0.5, 0.6) is 0 Å². The smallest absolute Gasteiger partial charge is 0.245 e. The highest BCUT2D eigenvalue weighted by Gasteiger charge is 2.43. The summed E-state index contributed by atoms with van der Waals surface area (Å²) in [6.45, 7) is 15.7. The molecule has 6 amide bonds. The number of Topliss-reactive ketones (excluding diaryl/α,β-unsaturated/α-hetero) is 1. The maximum Gasteiger partial charge on any atom is 0.245 e. The highest BCUT2D eigenvalue weighted by Crippen LogP contribution is 2.30. The molecule has 15 heteroatoms. The predicted octanol–water partition coefficient (Wildman–Crippen LogP) is 4.17. The van der Waals surface area contributed by atoms with Crippen LogP contribution in [0.3, 0.4) is 0 Å². The number of likely N-dealkylation sites (N-methyl/N-ethyl adjacent to an activating group) is 2. The van der Waals surface area contributed by atoms with Gasteiger partial charge in [-0.3, -0.25) is 38.5 Å². The summed E-state index contributed by atoms with van der Waals surface area (Å²) in [4.78, 5) is 98.8. The van der Waals surface area contributed by atoms with Crippen molar-refractivity contribution in [3.05, 3.63) is 0 Å². The van der Waals surface area contributed by atoms with Crippen LogP contribution in [0.1, 0.15) is 113 Å². The summed E-state index contributed by atoms with van der Waals surface area (Å²) in [6, 6.07) is -2.48. The van der Waals surface area contributed by atoms with Crippen LogP contribution in [-0.4, -0.2) is 150 Å². The van der Waals surface area contributed by atoms with Gasteiger partial charge in [-0.2, -0.15) is 11.8 Å². The number of amides is 6. The first-order chi connectivity index (χ1) is 26.8. The summed E-state index contributed by atoms with van der Waals surface area (Å²) in [5, 5.41) is 2.67. The van der Waals surface area contributed by atoms with E-state index in [0.717, 1.165) is 12.8 Å². The van der Waals surface area contributed by atoms with Crippen LogP contribution in [0, 0.1) is 23.7 Å². The van der Waals surface area contributed by atoms with Crippen molar-refractivity contribution in [2.24, 2.45) is 23.7 Å². The van der Waals surface area contributed by atoms with Gasteiger partial charge in [0.2, 0.25) is 35.4 Å². The number of hydrogen-bond acceptors (Lipinski definition) is 10. The van der Waals surface area contributed by atoms with E-state index >= 15 is 0 Å². The normalized spacial score (nSPS) is 21.0. The maximum absolute atomic E-state index is 14.4. The summed E-state index contributed by atoms with van der Waals surface area (Å²) in [5.74, 6) is -2.35. The predicted molar refractivity (Wildman–Crippen MR) is 222 cm³/mol. The lowest BCUT2D eigenvalue weighted by atomic mass is 9.89. The summed E-state index contributed by atoms with van der Waals surface area (Å²) in [5.41, 5.74) is 0. The van der Waals surface area contributed by atoms with Gasteiger partial charge < -0.3 is 29.5 Å². The summed E-state index contributed by atoms with van der Waals surface area (Å²) < 4.78 is 11.8. The maximum atomic E-state index is 14.4. The second kappa shape index (κ2) is 23.5. The lowest BCUT2D eigenvalue weighted by Gasteiger charge is -2.41. The molecule has 9 atom stereocenters. The molecule has 14 nitrogen and oxygen atoms in total. The summed E-state index contributed by atoms with van der Waals surface area (Å²) in [7, 11) is 6.41. The second-order valence-corrected chi connectivity index (χ2v) is 17.8. The highest BCUT2D eigenvalue weighted by molar-refractivity contribution is 8.00. The van der Waals surface area contributed by atoms with E-state index < -0.39 is 36.2 Å². The molecular weight excluding hydrogens is 751 g/mol. The third-order valence-electron chi connectivity index (χ3n) is 12.2. The van der Waals surface area contributed by atoms with Crippen molar-refractivity contribution >= 4 is 53.0 Å². The largest absolute Gasteiger partial charge is 0.379 e. The molecule has 0 aromatic rings. The van der Waals surface area contributed by atoms with Crippen LogP contribution < -0.4 is 5.32 Å². The molecule has 9 unspecified atom stereocenters. The van der Waals surface area contributed by atoms with Crippen LogP contribution in [0.2, 0.25) is 0 Å². The van der Waals surface area contributed by atoms with Gasteiger partial charge in [0.25, 0.3) is 0 Å². The molecule has 2 saturated heterocycles. The molecule has 2 aliphatic heterocycles. The molecule has 0 bridgehead atoms. The van der Waals surface area contributed by atoms with Crippen molar-refractivity contribution in [3.8, 4) is 0 Å². The minimum Gasteiger partial charge on any atom is -0.379 e. The van der Waals surface area contributed by atoms with Crippen LogP contribution in [-0.2, 0) is 43.0 Å². The fraction of sp³-hybridized carbons (Fsp3) is 0.833. The van der Waals surface area contributed by atoms with Crippen LogP contribution in [0.15, 0.2) is 0 Å². The number of methoxy groups -OCH3 is 2. The van der Waals surface area contributed by atoms with Gasteiger partial charge in [0.05, 0.1) is 36.0 Å². The minimum absolute atomic E-state index is 0.00160. The Morgan fingerprint density at radius 3 is 2.09 bits per heavy atom. The number of nitrogens with one attached hydrogen (secondary N) is 1. The second-order valence-electron chi connectivity index (χ2n) is 16.7. The van der Waals surface area contributed by atoms with E-state index in [4.69, 9.17) is 9.47 Å². The number of nitrogens with zero attached hydrogens (tertiary/aromatic N) is 4. The van der Waals surface area contributed by atoms with E-state index in [2.05, 4.69) is 5.32 Å². The van der Waals surface area contributed by atoms with E-state index in [1.807, 2.05) is 54.7 Å². The van der Waals surface area contributed by atoms with Gasteiger partial charge >= 0.3 is 0 Å². The molecule has 2 aliphatic rings. The zero-order valence-electron chi connectivity index (χ0n) is 37.0. The van der Waals surface area contributed by atoms with Crippen molar-refractivity contribution in [1.29, 1.82) is 0 Å². The Labute approximate surface area is 346 Å². The van der Waals surface area contributed by atoms with Gasteiger partial charge in [0.1, 0.15) is 17.9 Å². The van der Waals surface area contributed by atoms with Gasteiger partial charge in [-0.1, -0.05) is 61.3 Å². The van der Waals surface area contributed by atoms with Crippen molar-refractivity contribution in [2.45, 2.75) is 155 Å². The number of ketones is 1. The van der Waals surface area contributed by atoms with Gasteiger partial charge in [-0.05, 0) is 56.6 Å². The van der Waals surface area contributed by atoms with Crippen LogP contribution in [0.25, 0.3) is 0 Å². The SMILES string of the molecule is CCC(C)C(C(CC(=O)N1CCCC1C(OC)C(C)C(C)=O)OC)N(C)C(=O)C(NC(=O)C(C(C)C)N(C)C(=O)CCCCCN1C(=O)CC(SC)C1=O)C(C)C. The van der Waals surface area contributed by atoms with E-state index in [1.54, 1.807) is 38.1 Å². The number of carbonyl (C=O) groups is 7. The third kappa shape index (κ3) is 13.0. The molecule has 0 spiro atoms. The number of likely N-dealkylation sites (tertiary alicyclic amines) is 2. The molecule has 2 heterocycles. The number of imide groups is 1. The van der Waals surface area contributed by atoms with Crippen LogP contribution in [0.4, 0.5) is 0 Å². The lowest BCUT2D eigenvalue weighted by Crippen LogP contribution is -2.60. The average molecular weight is 824 g/mol. The van der Waals surface area contributed by atoms with Gasteiger partial charge in [0.15, 0.2) is 0 Å². The number of rotatable bonds is 24. The molecule has 1 N–H and O–H groups in total. The highest BCUT2D eigenvalue weighted by atomic mass is 32.2. The quantitative estimate of drug-likeness (QED) is 0.111. The van der Waals surface area contributed by atoms with E-state index in [-0.39, 0.29) is 89.5 Å². The Morgan fingerprint density at radius 2 is 1.58 bits per heavy atom. The number of ether oxygens (including phenoxy) is 2. The molecule has 57 heavy (non-hydrogen) atoms. The number of unbranched alkanes of at least 4 members (excludes halogenated alkanes) is 2. The monoisotopic (exact) mass is 824 g/mol. The first kappa shape index (κ1) is 50.1. The fourth-order valence-electron chi connectivity index (χ4n) is 8.41. The molecule has 326 valence electrons. The van der Waals surface area contributed by atoms with E-state index in [1.165, 1.54) is 28.5 Å². The molecule has 0 aliphatic carbocycles. The molecule has 0 aromatic carbocycles. The van der Waals surface area contributed by atoms with E-state index in [9.17, 15) is 33.6 Å². The van der Waals surface area contributed by atoms with Crippen LogP contribution >= 0.6 is 11.8 Å². The van der Waals surface area contributed by atoms with Gasteiger partial charge in [-0.25, -0.2) is 0 Å². The Hall–Kier alpha value is -3.04. The standard InChI is InChI=1S/C42H73N5O9S/c1-14-27(6)38(31(55-11)23-34(50)46-22-18-19-30(46)39(56-12)28(7)29(8)48)45(10)42(54)36(25(2)3)43-40(52)37(26(4)5)44(9)33(49)20-16-15-17-21-47-35(51)24-32(57-13)41(47)53/h25-28,30-32,36-39H,14-24H2,1-13H3,(H,43,52). The lowest BCUT2D eigenvalue weighted by molar-refractivity contribution is -0.148. The Kier molecular flexibility index (Phi) is 20.7. The number of hydrogen-bond donors (Lipinski definition) is 1. The third-order valence-corrected chi connectivity index (χ3v) is 13.1. The number of thioether (sulfide) groups is 1. The van der Waals surface area contributed by atoms with Crippen molar-refractivity contribution in [3.63, 3.8) is 0 Å². The molecule has 0 aromatic heterocycles. The summed E-state index contributed by atoms with van der Waals surface area (Å²) in [6.07, 6.45) is 5.22. The fourth-order valence-corrected chi connectivity index (χ4v) is 9.05. The Morgan fingerprint density at radius 1 is 0.930 bits per heavy atom. The molecular formula is C42H73N5O9S. The zero-order valence-corrected chi connectivity index (χ0v) is 37.8. The van der Waals surface area contributed by atoms with Gasteiger partial charge in [0, 0.05) is 60.2 Å². The van der Waals surface area contributed by atoms with Gasteiger partial charge in [-0.15, -0.1) is 0 Å². The zero-order chi connectivity index (χ0) is 43.3. The molecule has 0 saturated carbocycles. The first-order valence-electron chi connectivity index (χ1n) is 20.8. The van der Waals surface area contributed by atoms with Crippen molar-refractivity contribution < 1.29 is 43.0 Å². The molecule has 2 fully saturated rings. The molecule has 0 radical (unpaired) electrons. The Balaban J connectivity index is 2.16. The Bertz CT molecular complexity index is 1400. The van der Waals surface area contributed by atoms with Crippen molar-refractivity contribution in [1.82, 2.24) is 24.9 Å². The summed E-state index contributed by atoms with van der Waals surface area (Å²) >= 11 is 1.38. The minimum atomic E-state index is -0.910. The topological polar surface area (TPSA) is 163 Å². The average Bonchev–Trinajstić information content (AvgIpc) is 3.76. The number of carbonyl (C=O) groups excluding carboxylic acids is 7. The van der Waals surface area contributed by atoms with E-state index in [0.29, 0.717) is 38.8 Å².